The molecule has 0 aliphatic heterocycles. The Kier molecular flexibility index (Phi) is 20.9. The Balaban J connectivity index is 3.38. The fourth-order valence-electron chi connectivity index (χ4n) is 2.33. The zero-order valence-corrected chi connectivity index (χ0v) is 22.3. The Labute approximate surface area is 155 Å². The Bertz CT molecular complexity index is 244. The van der Waals surface area contributed by atoms with E-state index in [1.165, 1.54) is 85.9 Å². The Morgan fingerprint density at radius 3 is 1.29 bits per heavy atom. The van der Waals surface area contributed by atoms with Crippen molar-refractivity contribution in [3.05, 3.63) is 0 Å². The van der Waals surface area contributed by atoms with Crippen molar-refractivity contribution in [2.75, 3.05) is 0 Å². The molecule has 21 heavy (non-hydrogen) atoms. The number of hydrogen-bond donors (Lipinski definition) is 0. The fourth-order valence-corrected chi connectivity index (χ4v) is 74.2. The van der Waals surface area contributed by atoms with Crippen LogP contribution in [0.3, 0.4) is 0 Å². The van der Waals surface area contributed by atoms with Gasteiger partial charge in [0.2, 0.25) is 0 Å². The third-order valence-corrected chi connectivity index (χ3v) is 66.5. The molecule has 0 aliphatic carbocycles. The average Bonchev–Trinajstić information content (AvgIpc) is 2.46. The molecule has 0 heterocycles. The van der Waals surface area contributed by atoms with E-state index in [0.29, 0.717) is 0 Å². The molecule has 0 N–H and O–H groups in total. The first-order valence-electron chi connectivity index (χ1n) is 8.94. The van der Waals surface area contributed by atoms with Gasteiger partial charge >= 0.3 is 157 Å². The van der Waals surface area contributed by atoms with E-state index in [9.17, 15) is 0 Å². The standard InChI is InChI=1S/2C8H17.3S.2Sn/c2*1-3-5-7-8-6-4-2;;;;;/h2*1,3-8H2,2H3;;;;;. The second kappa shape index (κ2) is 18.7. The van der Waals surface area contributed by atoms with Crippen molar-refractivity contribution < 1.29 is 0 Å². The van der Waals surface area contributed by atoms with Crippen molar-refractivity contribution in [2.24, 2.45) is 0 Å². The van der Waals surface area contributed by atoms with E-state index in [1.54, 1.807) is 0 Å². The molecule has 0 bridgehead atoms. The van der Waals surface area contributed by atoms with Crippen LogP contribution < -0.4 is 0 Å². The van der Waals surface area contributed by atoms with Crippen LogP contribution in [0.1, 0.15) is 90.9 Å². The van der Waals surface area contributed by atoms with E-state index in [1.807, 2.05) is 0 Å². The van der Waals surface area contributed by atoms with Crippen molar-refractivity contribution >= 4 is 57.6 Å². The van der Waals surface area contributed by atoms with E-state index in [0.717, 1.165) is 0 Å². The monoisotopic (exact) mass is 562 g/mol. The topological polar surface area (TPSA) is 0 Å². The molecular weight excluding hydrogens is 526 g/mol. The number of hydrogen-bond acceptors (Lipinski definition) is 3. The van der Waals surface area contributed by atoms with E-state index in [-0.39, 0.29) is 0 Å². The summed E-state index contributed by atoms with van der Waals surface area (Å²) in [6.07, 6.45) is 19.2. The Morgan fingerprint density at radius 1 is 0.571 bits per heavy atom. The summed E-state index contributed by atoms with van der Waals surface area (Å²) in [7, 11) is 11.6. The van der Waals surface area contributed by atoms with Gasteiger partial charge in [-0.1, -0.05) is 0 Å². The molecule has 0 aromatic carbocycles. The third-order valence-electron chi connectivity index (χ3n) is 3.70. The van der Waals surface area contributed by atoms with Crippen LogP contribution in [0.15, 0.2) is 0 Å². The van der Waals surface area contributed by atoms with Gasteiger partial charge in [-0.3, -0.25) is 0 Å². The van der Waals surface area contributed by atoms with E-state index < -0.39 is 32.9 Å². The van der Waals surface area contributed by atoms with Crippen LogP contribution in [0.5, 0.6) is 0 Å². The van der Waals surface area contributed by atoms with Gasteiger partial charge in [-0.05, 0) is 0 Å². The van der Waals surface area contributed by atoms with Crippen LogP contribution in [0.2, 0.25) is 8.87 Å². The molecule has 5 heteroatoms. The van der Waals surface area contributed by atoms with Crippen molar-refractivity contribution in [3.63, 3.8) is 0 Å². The minimum absolute atomic E-state index is 1.35. The summed E-state index contributed by atoms with van der Waals surface area (Å²) in [6, 6.07) is 0. The van der Waals surface area contributed by atoms with E-state index in [2.05, 4.69) is 20.0 Å². The van der Waals surface area contributed by atoms with Crippen LogP contribution in [0, 0.1) is 0 Å². The molecule has 0 aromatic heterocycles. The van der Waals surface area contributed by atoms with Gasteiger partial charge in [0.05, 0.1) is 0 Å². The molecule has 0 saturated heterocycles. The molecule has 0 radical (unpaired) electrons. The van der Waals surface area contributed by atoms with E-state index >= 15 is 0 Å². The van der Waals surface area contributed by atoms with Crippen LogP contribution in [0.25, 0.3) is 0 Å². The predicted octanol–water partition coefficient (Wildman–Crippen LogP) is 7.81. The van der Waals surface area contributed by atoms with Gasteiger partial charge in [0.1, 0.15) is 0 Å². The van der Waals surface area contributed by atoms with Crippen molar-refractivity contribution in [2.45, 2.75) is 99.8 Å². The molecule has 0 aliphatic rings. The molecule has 0 spiro atoms. The van der Waals surface area contributed by atoms with Crippen LogP contribution in [-0.2, 0) is 0 Å². The summed E-state index contributed by atoms with van der Waals surface area (Å²) in [6.45, 7) is 4.57. The Hall–Kier alpha value is 2.39. The van der Waals surface area contributed by atoms with Gasteiger partial charge in [0.25, 0.3) is 0 Å². The maximum absolute atomic E-state index is 5.79. The van der Waals surface area contributed by atoms with Gasteiger partial charge < -0.3 is 0 Å². The number of unbranched alkanes of at least 4 members (excludes halogenated alkanes) is 10. The molecule has 0 rings (SSSR count). The summed E-state index contributed by atoms with van der Waals surface area (Å²) < 4.78 is 2.84. The van der Waals surface area contributed by atoms with Crippen molar-refractivity contribution in [1.82, 2.24) is 0 Å². The van der Waals surface area contributed by atoms with Gasteiger partial charge in [-0.25, -0.2) is 0 Å². The second-order valence-electron chi connectivity index (χ2n) is 5.88. The SMILES string of the molecule is CCCCCCC[CH2][Sn](=[S])[S][Sn](=[S])[CH2]CCCCCCC. The first-order valence-corrected chi connectivity index (χ1v) is 28.6. The summed E-state index contributed by atoms with van der Waals surface area (Å²) in [4.78, 5) is 0. The van der Waals surface area contributed by atoms with Crippen LogP contribution >= 0.6 is 24.7 Å². The summed E-state index contributed by atoms with van der Waals surface area (Å²) in [5.74, 6) is 0. The predicted molar refractivity (Wildman–Crippen MR) is 111 cm³/mol. The molecule has 124 valence electrons. The molecular formula is C16H34S3Sn2. The molecule has 0 atom stereocenters. The molecule has 0 aromatic rings. The minimum atomic E-state index is -1.46. The van der Waals surface area contributed by atoms with Crippen molar-refractivity contribution in [3.8, 4) is 0 Å². The van der Waals surface area contributed by atoms with Gasteiger partial charge in [-0.2, -0.15) is 0 Å². The van der Waals surface area contributed by atoms with Gasteiger partial charge in [-0.15, -0.1) is 0 Å². The summed E-state index contributed by atoms with van der Waals surface area (Å²) in [5.41, 5.74) is 0. The van der Waals surface area contributed by atoms with Crippen LogP contribution in [0.4, 0.5) is 0 Å². The summed E-state index contributed by atoms with van der Waals surface area (Å²) in [5, 5.41) is 0. The average molecular weight is 560 g/mol. The zero-order chi connectivity index (χ0) is 15.8. The van der Waals surface area contributed by atoms with Crippen LogP contribution in [-0.4, -0.2) is 32.9 Å². The number of rotatable bonds is 16. The van der Waals surface area contributed by atoms with E-state index in [4.69, 9.17) is 18.6 Å². The first kappa shape index (κ1) is 23.4. The Morgan fingerprint density at radius 2 is 0.905 bits per heavy atom. The quantitative estimate of drug-likeness (QED) is 0.140. The molecule has 0 unspecified atom stereocenters. The van der Waals surface area contributed by atoms with Gasteiger partial charge in [0.15, 0.2) is 0 Å². The van der Waals surface area contributed by atoms with Crippen molar-refractivity contribution in [1.29, 1.82) is 0 Å². The molecule has 0 saturated carbocycles. The molecule has 0 amide bonds. The fraction of sp³-hybridized carbons (Fsp3) is 1.00. The third kappa shape index (κ3) is 18.6. The first-order chi connectivity index (χ1) is 10.2. The normalized spacial score (nSPS) is 10.8. The summed E-state index contributed by atoms with van der Waals surface area (Å²) >= 11 is -2.93. The molecule has 0 fully saturated rings. The second-order valence-corrected chi connectivity index (χ2v) is 43.3. The molecule has 0 nitrogen and oxygen atoms in total. The van der Waals surface area contributed by atoms with Gasteiger partial charge in [0, 0.05) is 0 Å². The maximum atomic E-state index is 5.79. The zero-order valence-electron chi connectivity index (χ0n) is 14.1.